The topological polar surface area (TPSA) is 52.6 Å². The molecule has 1 amide bonds. The monoisotopic (exact) mass is 385 g/mol. The summed E-state index contributed by atoms with van der Waals surface area (Å²) in [6.45, 7) is 4.32. The Kier molecular flexibility index (Phi) is 4.60. The minimum absolute atomic E-state index is 0.0222. The smallest absolute Gasteiger partial charge is 0.259 e. The van der Waals surface area contributed by atoms with Gasteiger partial charge in [-0.1, -0.05) is 24.3 Å². The maximum absolute atomic E-state index is 13.0. The van der Waals surface area contributed by atoms with E-state index in [1.807, 2.05) is 59.6 Å². The average molecular weight is 385 g/mol. The van der Waals surface area contributed by atoms with Crippen molar-refractivity contribution in [3.8, 4) is 0 Å². The summed E-state index contributed by atoms with van der Waals surface area (Å²) in [6, 6.07) is 18.0. The van der Waals surface area contributed by atoms with Crippen LogP contribution in [0.4, 0.5) is 17.3 Å². The van der Waals surface area contributed by atoms with Crippen LogP contribution in [0, 0.1) is 0 Å². The van der Waals surface area contributed by atoms with Crippen molar-refractivity contribution < 1.29 is 4.79 Å². The number of hydrogen-bond donors (Lipinski definition) is 0. The number of piperazine rings is 1. The number of fused-ring (bicyclic) bond motifs is 1. The Morgan fingerprint density at radius 2 is 1.48 bits per heavy atom. The molecule has 3 aromatic rings. The van der Waals surface area contributed by atoms with Crippen LogP contribution in [-0.4, -0.2) is 48.6 Å². The molecular weight excluding hydrogens is 362 g/mol. The van der Waals surface area contributed by atoms with E-state index in [1.54, 1.807) is 6.20 Å². The van der Waals surface area contributed by atoms with Gasteiger partial charge in [-0.3, -0.25) is 4.79 Å². The van der Waals surface area contributed by atoms with Gasteiger partial charge < -0.3 is 14.7 Å². The number of carbonyl (C=O) groups excluding carboxylic acids is 1. The fourth-order valence-electron chi connectivity index (χ4n) is 4.11. The highest BCUT2D eigenvalue weighted by molar-refractivity contribution is 6.07. The second-order valence-corrected chi connectivity index (χ2v) is 7.40. The number of nitrogens with zero attached hydrogens (tertiary/aromatic N) is 5. The molecule has 0 atom stereocenters. The highest BCUT2D eigenvalue weighted by Gasteiger charge is 2.25. The minimum Gasteiger partial charge on any atom is -0.353 e. The third-order valence-electron chi connectivity index (χ3n) is 5.70. The summed E-state index contributed by atoms with van der Waals surface area (Å²) in [6.07, 6.45) is 4.45. The lowest BCUT2D eigenvalue weighted by molar-refractivity contribution is 0.0989. The van der Waals surface area contributed by atoms with Gasteiger partial charge in [-0.2, -0.15) is 0 Å². The Hall–Kier alpha value is -3.41. The summed E-state index contributed by atoms with van der Waals surface area (Å²) in [5, 5.41) is 0. The molecule has 0 spiro atoms. The van der Waals surface area contributed by atoms with E-state index in [4.69, 9.17) is 0 Å². The second kappa shape index (κ2) is 7.54. The highest BCUT2D eigenvalue weighted by Crippen LogP contribution is 2.29. The van der Waals surface area contributed by atoms with Crippen molar-refractivity contribution in [3.05, 3.63) is 78.1 Å². The van der Waals surface area contributed by atoms with E-state index >= 15 is 0 Å². The second-order valence-electron chi connectivity index (χ2n) is 7.40. The van der Waals surface area contributed by atoms with Gasteiger partial charge in [-0.25, -0.2) is 9.97 Å². The van der Waals surface area contributed by atoms with E-state index in [-0.39, 0.29) is 5.91 Å². The van der Waals surface area contributed by atoms with E-state index in [0.29, 0.717) is 5.56 Å². The standard InChI is InChI=1S/C23H23N5O/c29-23(28-12-10-18-5-1-2-6-20(18)28)19-8-9-22(25-17-19)27-15-13-26(14-16-27)21-7-3-4-11-24-21/h1-9,11,17H,10,12-16H2. The average Bonchev–Trinajstić information content (AvgIpc) is 3.24. The number of carbonyl (C=O) groups is 1. The quantitative estimate of drug-likeness (QED) is 0.694. The first-order valence-corrected chi connectivity index (χ1v) is 10.1. The van der Waals surface area contributed by atoms with Gasteiger partial charge >= 0.3 is 0 Å². The van der Waals surface area contributed by atoms with Crippen molar-refractivity contribution in [1.82, 2.24) is 9.97 Å². The molecule has 6 nitrogen and oxygen atoms in total. The van der Waals surface area contributed by atoms with Gasteiger partial charge in [0.05, 0.1) is 5.56 Å². The van der Waals surface area contributed by atoms with Crippen molar-refractivity contribution in [2.45, 2.75) is 6.42 Å². The molecule has 4 heterocycles. The fourth-order valence-corrected chi connectivity index (χ4v) is 4.11. The minimum atomic E-state index is 0.0222. The van der Waals surface area contributed by atoms with Gasteiger partial charge in [-0.05, 0) is 42.3 Å². The number of rotatable bonds is 3. The lowest BCUT2D eigenvalue weighted by atomic mass is 10.2. The number of aromatic nitrogens is 2. The molecule has 2 aliphatic rings. The normalized spacial score (nSPS) is 16.1. The van der Waals surface area contributed by atoms with Gasteiger partial charge in [0.15, 0.2) is 0 Å². The molecular formula is C23H23N5O. The molecule has 0 unspecified atom stereocenters. The molecule has 0 bridgehead atoms. The molecule has 0 aliphatic carbocycles. The summed E-state index contributed by atoms with van der Waals surface area (Å²) in [7, 11) is 0. The van der Waals surface area contributed by atoms with Crippen LogP contribution >= 0.6 is 0 Å². The Bertz CT molecular complexity index is 997. The molecule has 2 aliphatic heterocycles. The third kappa shape index (κ3) is 3.42. The Balaban J connectivity index is 1.25. The predicted molar refractivity (Wildman–Crippen MR) is 115 cm³/mol. The Morgan fingerprint density at radius 3 is 2.17 bits per heavy atom. The first-order chi connectivity index (χ1) is 14.3. The number of para-hydroxylation sites is 1. The molecule has 1 fully saturated rings. The number of benzene rings is 1. The lowest BCUT2D eigenvalue weighted by Crippen LogP contribution is -2.47. The van der Waals surface area contributed by atoms with Gasteiger partial charge in [0.25, 0.3) is 5.91 Å². The number of hydrogen-bond acceptors (Lipinski definition) is 5. The molecule has 1 aromatic carbocycles. The van der Waals surface area contributed by atoms with Crippen LogP contribution in [0.25, 0.3) is 0 Å². The SMILES string of the molecule is O=C(c1ccc(N2CCN(c3ccccn3)CC2)nc1)N1CCc2ccccc21. The largest absolute Gasteiger partial charge is 0.353 e. The number of pyridine rings is 2. The first-order valence-electron chi connectivity index (χ1n) is 10.1. The summed E-state index contributed by atoms with van der Waals surface area (Å²) < 4.78 is 0. The molecule has 2 aromatic heterocycles. The zero-order valence-corrected chi connectivity index (χ0v) is 16.2. The van der Waals surface area contributed by atoms with E-state index < -0.39 is 0 Å². The van der Waals surface area contributed by atoms with E-state index in [2.05, 4.69) is 25.8 Å². The van der Waals surface area contributed by atoms with Crippen LogP contribution in [0.3, 0.4) is 0 Å². The van der Waals surface area contributed by atoms with Crippen LogP contribution in [-0.2, 0) is 6.42 Å². The van der Waals surface area contributed by atoms with Crippen LogP contribution in [0.5, 0.6) is 0 Å². The first kappa shape index (κ1) is 17.7. The lowest BCUT2D eigenvalue weighted by Gasteiger charge is -2.36. The summed E-state index contributed by atoms with van der Waals surface area (Å²) in [5.41, 5.74) is 2.89. The maximum atomic E-state index is 13.0. The molecule has 1 saturated heterocycles. The Morgan fingerprint density at radius 1 is 0.759 bits per heavy atom. The number of amides is 1. The summed E-state index contributed by atoms with van der Waals surface area (Å²) in [4.78, 5) is 28.4. The van der Waals surface area contributed by atoms with Gasteiger partial charge in [-0.15, -0.1) is 0 Å². The van der Waals surface area contributed by atoms with Crippen molar-refractivity contribution in [1.29, 1.82) is 0 Å². The van der Waals surface area contributed by atoms with E-state index in [1.165, 1.54) is 5.56 Å². The maximum Gasteiger partial charge on any atom is 0.259 e. The van der Waals surface area contributed by atoms with Crippen LogP contribution in [0.15, 0.2) is 67.0 Å². The van der Waals surface area contributed by atoms with Crippen molar-refractivity contribution in [3.63, 3.8) is 0 Å². The van der Waals surface area contributed by atoms with Crippen LogP contribution < -0.4 is 14.7 Å². The summed E-state index contributed by atoms with van der Waals surface area (Å²) in [5.74, 6) is 1.96. The van der Waals surface area contributed by atoms with Crippen LogP contribution in [0.1, 0.15) is 15.9 Å². The molecule has 0 radical (unpaired) electrons. The third-order valence-corrected chi connectivity index (χ3v) is 5.70. The molecule has 0 saturated carbocycles. The molecule has 6 heteroatoms. The highest BCUT2D eigenvalue weighted by atomic mass is 16.2. The van der Waals surface area contributed by atoms with Crippen LogP contribution in [0.2, 0.25) is 0 Å². The Labute approximate surface area is 170 Å². The van der Waals surface area contributed by atoms with Crippen molar-refractivity contribution >= 4 is 23.2 Å². The van der Waals surface area contributed by atoms with Crippen molar-refractivity contribution in [2.75, 3.05) is 47.4 Å². The van der Waals surface area contributed by atoms with Gasteiger partial charge in [0, 0.05) is 50.8 Å². The van der Waals surface area contributed by atoms with Gasteiger partial charge in [0.2, 0.25) is 0 Å². The molecule has 5 rings (SSSR count). The molecule has 0 N–H and O–H groups in total. The zero-order chi connectivity index (χ0) is 19.6. The fraction of sp³-hybridized carbons (Fsp3) is 0.261. The molecule has 146 valence electrons. The summed E-state index contributed by atoms with van der Waals surface area (Å²) >= 11 is 0. The van der Waals surface area contributed by atoms with Gasteiger partial charge in [0.1, 0.15) is 11.6 Å². The predicted octanol–water partition coefficient (Wildman–Crippen LogP) is 3.01. The van der Waals surface area contributed by atoms with E-state index in [9.17, 15) is 4.79 Å². The number of anilines is 3. The van der Waals surface area contributed by atoms with E-state index in [0.717, 1.165) is 56.5 Å². The molecule has 29 heavy (non-hydrogen) atoms. The van der Waals surface area contributed by atoms with Crippen molar-refractivity contribution in [2.24, 2.45) is 0 Å². The zero-order valence-electron chi connectivity index (χ0n) is 16.2.